The lowest BCUT2D eigenvalue weighted by molar-refractivity contribution is 0.105. The molecule has 2 aromatic heterocycles. The van der Waals surface area contributed by atoms with Gasteiger partial charge in [0.05, 0.1) is 10.6 Å². The zero-order chi connectivity index (χ0) is 15.5. The molecule has 22 heavy (non-hydrogen) atoms. The van der Waals surface area contributed by atoms with Crippen molar-refractivity contribution in [1.82, 2.24) is 4.98 Å². The van der Waals surface area contributed by atoms with Crippen molar-refractivity contribution >= 4 is 34.5 Å². The van der Waals surface area contributed by atoms with Gasteiger partial charge in [-0.15, -0.1) is 11.3 Å². The highest BCUT2D eigenvalue weighted by molar-refractivity contribution is 7.17. The average molecular weight is 327 g/mol. The van der Waals surface area contributed by atoms with E-state index in [4.69, 9.17) is 0 Å². The number of hydrogen-bond donors (Lipinski definition) is 1. The van der Waals surface area contributed by atoms with Gasteiger partial charge in [-0.1, -0.05) is 6.08 Å². The smallest absolute Gasteiger partial charge is 0.197 e. The van der Waals surface area contributed by atoms with Crippen molar-refractivity contribution in [1.29, 1.82) is 0 Å². The number of aryl methyl sites for hydroxylation is 1. The van der Waals surface area contributed by atoms with E-state index in [1.807, 2.05) is 29.8 Å². The van der Waals surface area contributed by atoms with Crippen LogP contribution in [0.1, 0.15) is 20.9 Å². The maximum absolute atomic E-state index is 12.3. The van der Waals surface area contributed by atoms with Gasteiger partial charge in [0.15, 0.2) is 5.78 Å². The van der Waals surface area contributed by atoms with E-state index in [-0.39, 0.29) is 11.5 Å². The number of aromatic nitrogens is 1. The molecular formula is C17H13NO2S2. The molecule has 0 saturated carbocycles. The third-order valence-electron chi connectivity index (χ3n) is 3.10. The van der Waals surface area contributed by atoms with Crippen LogP contribution in [0, 0.1) is 6.92 Å². The molecule has 0 radical (unpaired) electrons. The molecule has 2 heterocycles. The Labute approximate surface area is 136 Å². The number of ketones is 1. The molecule has 1 N–H and O–H groups in total. The number of carbonyl (C=O) groups excluding carboxylic acids is 1. The Morgan fingerprint density at radius 2 is 2.00 bits per heavy atom. The molecular weight excluding hydrogens is 314 g/mol. The summed E-state index contributed by atoms with van der Waals surface area (Å²) in [6.45, 7) is 1.84. The second-order valence-corrected chi connectivity index (χ2v) is 6.51. The molecule has 0 spiro atoms. The van der Waals surface area contributed by atoms with Crippen LogP contribution < -0.4 is 0 Å². The van der Waals surface area contributed by atoms with Gasteiger partial charge < -0.3 is 5.11 Å². The highest BCUT2D eigenvalue weighted by Gasteiger charge is 2.14. The Morgan fingerprint density at radius 1 is 1.23 bits per heavy atom. The number of rotatable bonds is 4. The van der Waals surface area contributed by atoms with E-state index in [9.17, 15) is 9.90 Å². The van der Waals surface area contributed by atoms with E-state index < -0.39 is 0 Å². The van der Waals surface area contributed by atoms with Crippen LogP contribution in [-0.2, 0) is 0 Å². The molecule has 3 aromatic rings. The summed E-state index contributed by atoms with van der Waals surface area (Å²) in [5.41, 5.74) is 2.65. The second kappa shape index (κ2) is 6.25. The largest absolute Gasteiger partial charge is 0.508 e. The number of nitrogens with zero attached hydrogens (tertiary/aromatic N) is 1. The van der Waals surface area contributed by atoms with Crippen molar-refractivity contribution in [3.63, 3.8) is 0 Å². The average Bonchev–Trinajstić information content (AvgIpc) is 3.15. The van der Waals surface area contributed by atoms with Gasteiger partial charge in [0.2, 0.25) is 0 Å². The van der Waals surface area contributed by atoms with E-state index in [0.717, 1.165) is 21.8 Å². The standard InChI is InChI=1S/C17H13NO2S2/c1-11-16(15(20)7-2-12-8-9-21-10-12)22-17(18-11)13-3-5-14(19)6-4-13/h2-10,19H,1H3/b7-2+. The maximum atomic E-state index is 12.3. The summed E-state index contributed by atoms with van der Waals surface area (Å²) in [5, 5.41) is 14.1. The first-order valence-corrected chi connectivity index (χ1v) is 8.41. The summed E-state index contributed by atoms with van der Waals surface area (Å²) in [5.74, 6) is 0.179. The molecule has 3 nitrogen and oxygen atoms in total. The number of thiophene rings is 1. The van der Waals surface area contributed by atoms with Crippen LogP contribution >= 0.6 is 22.7 Å². The predicted octanol–water partition coefficient (Wildman–Crippen LogP) is 4.78. The minimum absolute atomic E-state index is 0.0359. The monoisotopic (exact) mass is 327 g/mol. The van der Waals surface area contributed by atoms with Gasteiger partial charge in [0, 0.05) is 5.56 Å². The first-order chi connectivity index (χ1) is 10.6. The molecule has 1 aromatic carbocycles. The second-order valence-electron chi connectivity index (χ2n) is 4.73. The van der Waals surface area contributed by atoms with Gasteiger partial charge >= 0.3 is 0 Å². The Balaban J connectivity index is 1.85. The minimum Gasteiger partial charge on any atom is -0.508 e. The summed E-state index contributed by atoms with van der Waals surface area (Å²) in [4.78, 5) is 17.4. The number of allylic oxidation sites excluding steroid dienone is 1. The number of aromatic hydroxyl groups is 1. The quantitative estimate of drug-likeness (QED) is 0.554. The topological polar surface area (TPSA) is 50.2 Å². The van der Waals surface area contributed by atoms with E-state index in [0.29, 0.717) is 4.88 Å². The van der Waals surface area contributed by atoms with Gasteiger partial charge in [0.25, 0.3) is 0 Å². The highest BCUT2D eigenvalue weighted by Crippen LogP contribution is 2.29. The Bertz CT molecular complexity index is 815. The third-order valence-corrected chi connectivity index (χ3v) is 5.03. The van der Waals surface area contributed by atoms with Crippen molar-refractivity contribution in [3.05, 3.63) is 63.3 Å². The Hall–Kier alpha value is -2.24. The van der Waals surface area contributed by atoms with Crippen molar-refractivity contribution in [2.24, 2.45) is 0 Å². The molecule has 0 amide bonds. The van der Waals surface area contributed by atoms with Crippen LogP contribution in [0.15, 0.2) is 47.2 Å². The van der Waals surface area contributed by atoms with E-state index >= 15 is 0 Å². The summed E-state index contributed by atoms with van der Waals surface area (Å²) in [6.07, 6.45) is 3.40. The van der Waals surface area contributed by atoms with E-state index in [1.165, 1.54) is 11.3 Å². The zero-order valence-electron chi connectivity index (χ0n) is 11.8. The van der Waals surface area contributed by atoms with Gasteiger partial charge in [-0.2, -0.15) is 11.3 Å². The maximum Gasteiger partial charge on any atom is 0.197 e. The number of thiazole rings is 1. The Kier molecular flexibility index (Phi) is 4.18. The van der Waals surface area contributed by atoms with Gasteiger partial charge in [-0.25, -0.2) is 4.98 Å². The van der Waals surface area contributed by atoms with E-state index in [1.54, 1.807) is 41.7 Å². The summed E-state index contributed by atoms with van der Waals surface area (Å²) in [7, 11) is 0. The fraction of sp³-hybridized carbons (Fsp3) is 0.0588. The van der Waals surface area contributed by atoms with Gasteiger partial charge in [-0.3, -0.25) is 4.79 Å². The number of phenolic OH excluding ortho intramolecular Hbond substituents is 1. The molecule has 5 heteroatoms. The first kappa shape index (κ1) is 14.7. The number of carbonyl (C=O) groups is 1. The molecule has 0 aliphatic carbocycles. The van der Waals surface area contributed by atoms with E-state index in [2.05, 4.69) is 4.98 Å². The molecule has 0 aliphatic rings. The van der Waals surface area contributed by atoms with Crippen LogP contribution in [0.2, 0.25) is 0 Å². The van der Waals surface area contributed by atoms with Crippen LogP contribution in [0.5, 0.6) is 5.75 Å². The number of phenols is 1. The summed E-state index contributed by atoms with van der Waals surface area (Å²) < 4.78 is 0. The highest BCUT2D eigenvalue weighted by atomic mass is 32.1. The lowest BCUT2D eigenvalue weighted by atomic mass is 10.2. The normalized spacial score (nSPS) is 11.1. The fourth-order valence-corrected chi connectivity index (χ4v) is 3.59. The van der Waals surface area contributed by atoms with Crippen molar-refractivity contribution < 1.29 is 9.90 Å². The summed E-state index contributed by atoms with van der Waals surface area (Å²) >= 11 is 2.97. The lowest BCUT2D eigenvalue weighted by Gasteiger charge is -1.95. The number of hydrogen-bond acceptors (Lipinski definition) is 5. The molecule has 0 atom stereocenters. The Morgan fingerprint density at radius 3 is 2.68 bits per heavy atom. The minimum atomic E-state index is -0.0359. The molecule has 110 valence electrons. The lowest BCUT2D eigenvalue weighted by Crippen LogP contribution is -1.92. The zero-order valence-corrected chi connectivity index (χ0v) is 13.4. The number of benzene rings is 1. The van der Waals surface area contributed by atoms with Crippen molar-refractivity contribution in [2.75, 3.05) is 0 Å². The SMILES string of the molecule is Cc1nc(-c2ccc(O)cc2)sc1C(=O)/C=C/c1ccsc1. The van der Waals surface area contributed by atoms with Crippen molar-refractivity contribution in [3.8, 4) is 16.3 Å². The van der Waals surface area contributed by atoms with Crippen LogP contribution in [0.4, 0.5) is 0 Å². The van der Waals surface area contributed by atoms with Crippen molar-refractivity contribution in [2.45, 2.75) is 6.92 Å². The molecule has 0 saturated heterocycles. The van der Waals surface area contributed by atoms with Crippen LogP contribution in [0.3, 0.4) is 0 Å². The van der Waals surface area contributed by atoms with Gasteiger partial charge in [0.1, 0.15) is 10.8 Å². The van der Waals surface area contributed by atoms with Crippen LogP contribution in [-0.4, -0.2) is 15.9 Å². The molecule has 3 rings (SSSR count). The first-order valence-electron chi connectivity index (χ1n) is 6.65. The van der Waals surface area contributed by atoms with Gasteiger partial charge in [-0.05, 0) is 59.7 Å². The summed E-state index contributed by atoms with van der Waals surface area (Å²) in [6, 6.07) is 8.79. The third kappa shape index (κ3) is 3.16. The molecule has 0 unspecified atom stereocenters. The molecule has 0 fully saturated rings. The molecule has 0 aliphatic heterocycles. The molecule has 0 bridgehead atoms. The fourth-order valence-electron chi connectivity index (χ4n) is 1.97. The predicted molar refractivity (Wildman–Crippen MR) is 91.6 cm³/mol. The van der Waals surface area contributed by atoms with Crippen LogP contribution in [0.25, 0.3) is 16.6 Å².